The van der Waals surface area contributed by atoms with Crippen molar-refractivity contribution >= 4 is 11.7 Å². The molecular weight excluding hydrogens is 292 g/mol. The third kappa shape index (κ3) is 4.61. The average molecular weight is 320 g/mol. The van der Waals surface area contributed by atoms with Crippen LogP contribution in [0, 0.1) is 0 Å². The number of aliphatic hydroxyl groups is 1. The molecule has 0 bridgehead atoms. The lowest BCUT2D eigenvalue weighted by Gasteiger charge is -2.34. The molecule has 1 atom stereocenters. The van der Waals surface area contributed by atoms with Crippen LogP contribution >= 0.6 is 0 Å². The van der Waals surface area contributed by atoms with Crippen LogP contribution < -0.4 is 10.1 Å². The fourth-order valence-corrected chi connectivity index (χ4v) is 2.92. The van der Waals surface area contributed by atoms with Gasteiger partial charge in [0.1, 0.15) is 11.4 Å². The zero-order chi connectivity index (χ0) is 17.3. The van der Waals surface area contributed by atoms with Gasteiger partial charge < -0.3 is 20.1 Å². The van der Waals surface area contributed by atoms with Crippen molar-refractivity contribution in [1.82, 2.24) is 4.90 Å². The minimum absolute atomic E-state index is 0.168. The summed E-state index contributed by atoms with van der Waals surface area (Å²) in [6.45, 7) is 10.1. The molecule has 128 valence electrons. The summed E-state index contributed by atoms with van der Waals surface area (Å²) < 4.78 is 5.91. The quantitative estimate of drug-likeness (QED) is 0.894. The van der Waals surface area contributed by atoms with Gasteiger partial charge in [0.2, 0.25) is 0 Å². The van der Waals surface area contributed by atoms with E-state index in [0.717, 1.165) is 12.8 Å². The summed E-state index contributed by atoms with van der Waals surface area (Å²) in [5.41, 5.74) is -0.604. The van der Waals surface area contributed by atoms with Gasteiger partial charge in [0.15, 0.2) is 0 Å². The van der Waals surface area contributed by atoms with E-state index in [1.807, 2.05) is 45.0 Å². The highest BCUT2D eigenvalue weighted by atomic mass is 16.5. The largest absolute Gasteiger partial charge is 0.486 e. The molecule has 2 amide bonds. The monoisotopic (exact) mass is 320 g/mol. The molecule has 2 rings (SSSR count). The topological polar surface area (TPSA) is 61.8 Å². The number of carbonyl (C=O) groups is 1. The van der Waals surface area contributed by atoms with Crippen LogP contribution in [-0.2, 0) is 0 Å². The molecule has 0 aliphatic carbocycles. The van der Waals surface area contributed by atoms with E-state index in [1.165, 1.54) is 0 Å². The van der Waals surface area contributed by atoms with E-state index in [-0.39, 0.29) is 17.7 Å². The molecule has 1 aliphatic heterocycles. The highest BCUT2D eigenvalue weighted by Gasteiger charge is 2.38. The molecule has 2 N–H and O–H groups in total. The van der Waals surface area contributed by atoms with Crippen molar-refractivity contribution in [3.05, 3.63) is 24.3 Å². The van der Waals surface area contributed by atoms with Crippen LogP contribution in [0.2, 0.25) is 0 Å². The lowest BCUT2D eigenvalue weighted by atomic mass is 9.97. The van der Waals surface area contributed by atoms with Crippen LogP contribution in [-0.4, -0.2) is 39.8 Å². The fraction of sp³-hybridized carbons (Fsp3) is 0.611. The van der Waals surface area contributed by atoms with Crippen molar-refractivity contribution in [2.24, 2.45) is 0 Å². The summed E-state index contributed by atoms with van der Waals surface area (Å²) >= 11 is 0. The number of urea groups is 1. The van der Waals surface area contributed by atoms with Crippen LogP contribution in [0.1, 0.15) is 47.5 Å². The Balaban J connectivity index is 2.15. The molecular formula is C18H28N2O3. The number of hydrogen-bond acceptors (Lipinski definition) is 3. The number of likely N-dealkylation sites (tertiary alicyclic amines) is 1. The molecule has 1 saturated heterocycles. The smallest absolute Gasteiger partial charge is 0.322 e. The van der Waals surface area contributed by atoms with Crippen LogP contribution in [0.3, 0.4) is 0 Å². The van der Waals surface area contributed by atoms with Crippen molar-refractivity contribution in [1.29, 1.82) is 0 Å². The third-order valence-electron chi connectivity index (χ3n) is 3.87. The molecule has 1 aliphatic rings. The van der Waals surface area contributed by atoms with E-state index in [0.29, 0.717) is 18.0 Å². The van der Waals surface area contributed by atoms with E-state index < -0.39 is 5.60 Å². The standard InChI is InChI=1S/C18H28N2O3/c1-17(2,3)23-14-10-7-6-9-13(14)19-16(21)20-12-8-11-15(20)18(4,5)22/h6-7,9-10,15,22H,8,11-12H2,1-5H3,(H,19,21). The van der Waals surface area contributed by atoms with Gasteiger partial charge in [-0.2, -0.15) is 0 Å². The van der Waals surface area contributed by atoms with Crippen LogP contribution in [0.25, 0.3) is 0 Å². The Morgan fingerprint density at radius 3 is 2.52 bits per heavy atom. The molecule has 0 aromatic heterocycles. The highest BCUT2D eigenvalue weighted by molar-refractivity contribution is 5.91. The summed E-state index contributed by atoms with van der Waals surface area (Å²) in [5.74, 6) is 0.646. The Morgan fingerprint density at radius 1 is 1.26 bits per heavy atom. The highest BCUT2D eigenvalue weighted by Crippen LogP contribution is 2.30. The predicted octanol–water partition coefficient (Wildman–Crippen LogP) is 3.63. The second kappa shape index (κ2) is 6.40. The number of ether oxygens (including phenoxy) is 1. The predicted molar refractivity (Wildman–Crippen MR) is 91.9 cm³/mol. The summed E-state index contributed by atoms with van der Waals surface area (Å²) in [6.07, 6.45) is 1.72. The first-order chi connectivity index (χ1) is 10.6. The molecule has 1 fully saturated rings. The van der Waals surface area contributed by atoms with Gasteiger partial charge >= 0.3 is 6.03 Å². The number of anilines is 1. The number of amides is 2. The Hall–Kier alpha value is -1.75. The number of nitrogens with one attached hydrogen (secondary N) is 1. The molecule has 5 heteroatoms. The van der Waals surface area contributed by atoms with Crippen molar-refractivity contribution in [2.45, 2.75) is 64.7 Å². The maximum atomic E-state index is 12.6. The first-order valence-corrected chi connectivity index (χ1v) is 8.16. The van der Waals surface area contributed by atoms with Gasteiger partial charge in [-0.25, -0.2) is 4.79 Å². The Labute approximate surface area is 138 Å². The van der Waals surface area contributed by atoms with Gasteiger partial charge in [0.25, 0.3) is 0 Å². The second-order valence-electron chi connectivity index (χ2n) is 7.65. The fourth-order valence-electron chi connectivity index (χ4n) is 2.92. The maximum absolute atomic E-state index is 12.6. The number of benzene rings is 1. The Bertz CT molecular complexity index is 558. The van der Waals surface area contributed by atoms with Crippen LogP contribution in [0.4, 0.5) is 10.5 Å². The van der Waals surface area contributed by atoms with E-state index in [2.05, 4.69) is 5.32 Å². The minimum atomic E-state index is -0.907. The summed E-state index contributed by atoms with van der Waals surface area (Å²) in [6, 6.07) is 7.05. The summed E-state index contributed by atoms with van der Waals surface area (Å²) in [4.78, 5) is 14.4. The third-order valence-corrected chi connectivity index (χ3v) is 3.87. The molecule has 5 nitrogen and oxygen atoms in total. The maximum Gasteiger partial charge on any atom is 0.322 e. The SMILES string of the molecule is CC(C)(C)Oc1ccccc1NC(=O)N1CCCC1C(C)(C)O. The van der Waals surface area contributed by atoms with Crippen LogP contribution in [0.5, 0.6) is 5.75 Å². The molecule has 0 radical (unpaired) electrons. The number of para-hydroxylation sites is 2. The number of nitrogens with zero attached hydrogens (tertiary/aromatic N) is 1. The van der Waals surface area contributed by atoms with Gasteiger partial charge in [-0.1, -0.05) is 12.1 Å². The molecule has 1 aromatic carbocycles. The van der Waals surface area contributed by atoms with E-state index in [1.54, 1.807) is 18.7 Å². The van der Waals surface area contributed by atoms with E-state index in [4.69, 9.17) is 4.74 Å². The zero-order valence-corrected chi connectivity index (χ0v) is 14.7. The first-order valence-electron chi connectivity index (χ1n) is 8.16. The van der Waals surface area contributed by atoms with E-state index in [9.17, 15) is 9.90 Å². The van der Waals surface area contributed by atoms with Crippen molar-refractivity contribution in [3.8, 4) is 5.75 Å². The van der Waals surface area contributed by atoms with E-state index >= 15 is 0 Å². The van der Waals surface area contributed by atoms with Gasteiger partial charge in [0, 0.05) is 6.54 Å². The first kappa shape index (κ1) is 17.6. The van der Waals surface area contributed by atoms with Crippen molar-refractivity contribution in [3.63, 3.8) is 0 Å². The molecule has 0 saturated carbocycles. The normalized spacial score (nSPS) is 18.9. The van der Waals surface area contributed by atoms with Crippen molar-refractivity contribution < 1.29 is 14.6 Å². The second-order valence-corrected chi connectivity index (χ2v) is 7.65. The molecule has 1 heterocycles. The van der Waals surface area contributed by atoms with Gasteiger partial charge in [-0.15, -0.1) is 0 Å². The van der Waals surface area contributed by atoms with Gasteiger partial charge in [-0.3, -0.25) is 0 Å². The number of carbonyl (C=O) groups excluding carboxylic acids is 1. The average Bonchev–Trinajstić information content (AvgIpc) is 2.88. The zero-order valence-electron chi connectivity index (χ0n) is 14.7. The summed E-state index contributed by atoms with van der Waals surface area (Å²) in [5, 5.41) is 13.2. The summed E-state index contributed by atoms with van der Waals surface area (Å²) in [7, 11) is 0. The lowest BCUT2D eigenvalue weighted by Crippen LogP contribution is -2.49. The Kier molecular flexibility index (Phi) is 4.90. The van der Waals surface area contributed by atoms with Crippen LogP contribution in [0.15, 0.2) is 24.3 Å². The molecule has 1 unspecified atom stereocenters. The lowest BCUT2D eigenvalue weighted by molar-refractivity contribution is 0.0117. The van der Waals surface area contributed by atoms with Gasteiger partial charge in [0.05, 0.1) is 17.3 Å². The Morgan fingerprint density at radius 2 is 1.91 bits per heavy atom. The molecule has 23 heavy (non-hydrogen) atoms. The van der Waals surface area contributed by atoms with Crippen molar-refractivity contribution in [2.75, 3.05) is 11.9 Å². The molecule has 0 spiro atoms. The minimum Gasteiger partial charge on any atom is -0.486 e. The van der Waals surface area contributed by atoms with Gasteiger partial charge in [-0.05, 0) is 59.6 Å². The molecule has 1 aromatic rings. The number of hydrogen-bond donors (Lipinski definition) is 2. The number of rotatable bonds is 3.